The van der Waals surface area contributed by atoms with Gasteiger partial charge >= 0.3 is 8.60 Å². The summed E-state index contributed by atoms with van der Waals surface area (Å²) in [5.74, 6) is 1.27. The molecule has 0 atom stereocenters. The van der Waals surface area contributed by atoms with E-state index >= 15 is 0 Å². The number of aromatic nitrogens is 3. The van der Waals surface area contributed by atoms with Crippen molar-refractivity contribution in [3.8, 4) is 5.88 Å². The number of nitrogens with one attached hydrogen (secondary N) is 1. The van der Waals surface area contributed by atoms with Gasteiger partial charge in [0.2, 0.25) is 5.88 Å². The molecule has 0 aromatic carbocycles. The lowest BCUT2D eigenvalue weighted by molar-refractivity contribution is 0.193. The van der Waals surface area contributed by atoms with Gasteiger partial charge in [0.1, 0.15) is 5.82 Å². The maximum atomic E-state index is 12.2. The summed E-state index contributed by atoms with van der Waals surface area (Å²) in [6, 6.07) is 1.69. The number of anilines is 1. The Morgan fingerprint density at radius 2 is 2.17 bits per heavy atom. The molecule has 1 aliphatic rings. The quantitative estimate of drug-likeness (QED) is 0.674. The molecule has 2 aromatic heterocycles. The molecule has 0 radical (unpaired) electrons. The van der Waals surface area contributed by atoms with E-state index in [1.165, 1.54) is 7.11 Å². The highest BCUT2D eigenvalue weighted by Crippen LogP contribution is 2.31. The zero-order chi connectivity index (χ0) is 17.1. The maximum Gasteiger partial charge on any atom is 0.327 e. The monoisotopic (exact) mass is 354 g/mol. The van der Waals surface area contributed by atoms with Crippen molar-refractivity contribution in [3.05, 3.63) is 22.6 Å². The zero-order valence-electron chi connectivity index (χ0n) is 13.2. The van der Waals surface area contributed by atoms with Gasteiger partial charge in [0, 0.05) is 24.5 Å². The minimum Gasteiger partial charge on any atom is -0.481 e. The first kappa shape index (κ1) is 17.0. The lowest BCUT2D eigenvalue weighted by atomic mass is 9.97. The Hall–Kier alpha value is -1.80. The molecule has 1 fully saturated rings. The van der Waals surface area contributed by atoms with Gasteiger partial charge in [-0.15, -0.1) is 0 Å². The van der Waals surface area contributed by atoms with Crippen LogP contribution in [0.15, 0.2) is 17.1 Å². The van der Waals surface area contributed by atoms with E-state index in [4.69, 9.17) is 19.0 Å². The van der Waals surface area contributed by atoms with Crippen LogP contribution in [-0.2, 0) is 4.52 Å². The van der Waals surface area contributed by atoms with E-state index in [9.17, 15) is 4.79 Å². The summed E-state index contributed by atoms with van der Waals surface area (Å²) in [6.45, 7) is 1.71. The van der Waals surface area contributed by atoms with Crippen LogP contribution < -0.4 is 15.2 Å². The van der Waals surface area contributed by atoms with E-state index in [1.807, 2.05) is 4.90 Å². The number of fused-ring (bicyclic) bond motifs is 1. The molecule has 3 N–H and O–H groups in total. The van der Waals surface area contributed by atoms with Crippen molar-refractivity contribution in [2.24, 2.45) is 5.92 Å². The third-order valence-electron chi connectivity index (χ3n) is 4.15. The second-order valence-electron chi connectivity index (χ2n) is 5.63. The first-order chi connectivity index (χ1) is 11.6. The van der Waals surface area contributed by atoms with Gasteiger partial charge in [-0.1, -0.05) is 0 Å². The van der Waals surface area contributed by atoms with E-state index in [0.717, 1.165) is 12.8 Å². The van der Waals surface area contributed by atoms with Crippen LogP contribution in [-0.4, -0.2) is 51.8 Å². The van der Waals surface area contributed by atoms with Gasteiger partial charge < -0.3 is 23.9 Å². The number of piperidine rings is 1. The summed E-state index contributed by atoms with van der Waals surface area (Å²) in [4.78, 5) is 36.4. The average Bonchev–Trinajstić information content (AvgIpc) is 2.59. The normalized spacial score (nSPS) is 16.1. The number of nitrogens with zero attached hydrogens (tertiary/aromatic N) is 3. The van der Waals surface area contributed by atoms with Crippen molar-refractivity contribution in [1.82, 2.24) is 15.2 Å². The molecule has 9 nitrogen and oxygen atoms in total. The van der Waals surface area contributed by atoms with Gasteiger partial charge in [0.25, 0.3) is 5.56 Å². The predicted molar refractivity (Wildman–Crippen MR) is 89.0 cm³/mol. The molecule has 1 saturated heterocycles. The second kappa shape index (κ2) is 7.40. The molecule has 0 amide bonds. The Morgan fingerprint density at radius 1 is 1.42 bits per heavy atom. The van der Waals surface area contributed by atoms with Gasteiger partial charge in [0.15, 0.2) is 0 Å². The molecule has 3 heterocycles. The fraction of sp³-hybridized carbons (Fsp3) is 0.500. The summed E-state index contributed by atoms with van der Waals surface area (Å²) in [5, 5.41) is 7.44. The number of methoxy groups -OCH3 is 1. The number of rotatable bonds is 5. The van der Waals surface area contributed by atoms with Gasteiger partial charge in [-0.2, -0.15) is 10.1 Å². The minimum absolute atomic E-state index is 0.252. The molecule has 0 unspecified atom stereocenters. The smallest absolute Gasteiger partial charge is 0.327 e. The van der Waals surface area contributed by atoms with Gasteiger partial charge in [0.05, 0.1) is 25.3 Å². The SMILES string of the molecule is COc1cc2cn[nH]c(=O)c2c(N2CCC(COP(O)O)CC2)n1. The Kier molecular flexibility index (Phi) is 5.25. The number of aromatic amines is 1. The third-order valence-corrected chi connectivity index (χ3v) is 4.53. The first-order valence-corrected chi connectivity index (χ1v) is 8.73. The van der Waals surface area contributed by atoms with E-state index < -0.39 is 8.60 Å². The number of hydrogen-bond donors (Lipinski definition) is 3. The topological polar surface area (TPSA) is 121 Å². The number of ether oxygens (including phenoxy) is 1. The molecule has 1 aliphatic heterocycles. The largest absolute Gasteiger partial charge is 0.481 e. The van der Waals surface area contributed by atoms with Crippen molar-refractivity contribution in [3.63, 3.8) is 0 Å². The van der Waals surface area contributed by atoms with E-state index in [0.29, 0.717) is 42.2 Å². The summed E-state index contributed by atoms with van der Waals surface area (Å²) in [6.07, 6.45) is 3.20. The number of pyridine rings is 1. The molecule has 3 rings (SSSR count). The summed E-state index contributed by atoms with van der Waals surface area (Å²) < 4.78 is 10.1. The van der Waals surface area contributed by atoms with Gasteiger partial charge in [-0.05, 0) is 18.8 Å². The van der Waals surface area contributed by atoms with Gasteiger partial charge in [-0.25, -0.2) is 5.10 Å². The third kappa shape index (κ3) is 3.64. The van der Waals surface area contributed by atoms with E-state index in [1.54, 1.807) is 12.3 Å². The Balaban J connectivity index is 1.84. The molecule has 130 valence electrons. The van der Waals surface area contributed by atoms with Crippen molar-refractivity contribution in [2.75, 3.05) is 31.7 Å². The van der Waals surface area contributed by atoms with Crippen LogP contribution in [0.3, 0.4) is 0 Å². The highest BCUT2D eigenvalue weighted by molar-refractivity contribution is 7.39. The number of hydrogen-bond acceptors (Lipinski definition) is 8. The summed E-state index contributed by atoms with van der Waals surface area (Å²) >= 11 is 0. The van der Waals surface area contributed by atoms with Crippen LogP contribution >= 0.6 is 8.60 Å². The molecule has 0 spiro atoms. The molecular formula is C14H19N4O5P. The standard InChI is InChI=1S/C14H19N4O5P/c1-22-11-6-10-7-15-17-14(19)12(10)13(16-11)18-4-2-9(3-5-18)8-23-24(20)21/h6-7,9,20-21H,2-5,8H2,1H3,(H,17,19). The molecule has 0 saturated carbocycles. The molecule has 0 aliphatic carbocycles. The fourth-order valence-electron chi connectivity index (χ4n) is 2.89. The van der Waals surface area contributed by atoms with Crippen LogP contribution in [0.5, 0.6) is 5.88 Å². The Morgan fingerprint density at radius 3 is 2.83 bits per heavy atom. The van der Waals surface area contributed by atoms with Crippen molar-refractivity contribution in [2.45, 2.75) is 12.8 Å². The molecule has 10 heteroatoms. The van der Waals surface area contributed by atoms with Crippen LogP contribution in [0.1, 0.15) is 12.8 Å². The number of H-pyrrole nitrogens is 1. The minimum atomic E-state index is -2.31. The maximum absolute atomic E-state index is 12.2. The first-order valence-electron chi connectivity index (χ1n) is 7.56. The van der Waals surface area contributed by atoms with Crippen LogP contribution in [0.25, 0.3) is 10.8 Å². The molecule has 0 bridgehead atoms. The predicted octanol–water partition coefficient (Wildman–Crippen LogP) is 0.771. The molecular weight excluding hydrogens is 335 g/mol. The van der Waals surface area contributed by atoms with Crippen LogP contribution in [0.4, 0.5) is 5.82 Å². The lowest BCUT2D eigenvalue weighted by Gasteiger charge is -2.33. The molecule has 2 aromatic rings. The van der Waals surface area contributed by atoms with E-state index in [2.05, 4.69) is 15.2 Å². The lowest BCUT2D eigenvalue weighted by Crippen LogP contribution is -2.36. The van der Waals surface area contributed by atoms with Crippen molar-refractivity contribution >= 4 is 25.2 Å². The summed E-state index contributed by atoms with van der Waals surface area (Å²) in [5.41, 5.74) is -0.283. The zero-order valence-corrected chi connectivity index (χ0v) is 14.1. The molecule has 24 heavy (non-hydrogen) atoms. The average molecular weight is 354 g/mol. The van der Waals surface area contributed by atoms with Crippen LogP contribution in [0, 0.1) is 5.92 Å². The van der Waals surface area contributed by atoms with Crippen LogP contribution in [0.2, 0.25) is 0 Å². The van der Waals surface area contributed by atoms with E-state index in [-0.39, 0.29) is 11.5 Å². The Labute approximate surface area is 139 Å². The van der Waals surface area contributed by atoms with Crippen molar-refractivity contribution < 1.29 is 19.0 Å². The highest BCUT2D eigenvalue weighted by Gasteiger charge is 2.24. The second-order valence-corrected chi connectivity index (χ2v) is 6.39. The summed E-state index contributed by atoms with van der Waals surface area (Å²) in [7, 11) is -0.778. The van der Waals surface area contributed by atoms with Crippen molar-refractivity contribution in [1.29, 1.82) is 0 Å². The highest BCUT2D eigenvalue weighted by atomic mass is 31.2. The van der Waals surface area contributed by atoms with Gasteiger partial charge in [-0.3, -0.25) is 4.79 Å². The Bertz CT molecular complexity index is 760. The fourth-order valence-corrected chi connectivity index (χ4v) is 3.24.